The van der Waals surface area contributed by atoms with Crippen LogP contribution in [0, 0.1) is 20.8 Å². The predicted octanol–water partition coefficient (Wildman–Crippen LogP) is 4.79. The maximum Gasteiger partial charge on any atom is 0.252 e. The van der Waals surface area contributed by atoms with E-state index in [2.05, 4.69) is 96.4 Å². The topological polar surface area (TPSA) is 79.7 Å². The second-order valence-corrected chi connectivity index (χ2v) is 9.90. The molecule has 0 saturated carbocycles. The Morgan fingerprint density at radius 2 is 1.74 bits per heavy atom. The van der Waals surface area contributed by atoms with E-state index in [0.29, 0.717) is 19.6 Å². The lowest BCUT2D eigenvalue weighted by atomic mass is 10.0. The minimum atomic E-state index is -0.190. The van der Waals surface area contributed by atoms with Gasteiger partial charge in [0.2, 0.25) is 0 Å². The zero-order chi connectivity index (χ0) is 24.5. The third-order valence-corrected chi connectivity index (χ3v) is 6.89. The maximum atomic E-state index is 13.1. The zero-order valence-corrected chi connectivity index (χ0v) is 21.0. The average Bonchev–Trinajstić information content (AvgIpc) is 3.28. The Morgan fingerprint density at radius 3 is 2.44 bits per heavy atom. The summed E-state index contributed by atoms with van der Waals surface area (Å²) >= 11 is 0. The van der Waals surface area contributed by atoms with Crippen molar-refractivity contribution in [3.63, 3.8) is 0 Å². The maximum absolute atomic E-state index is 13.1. The fourth-order valence-corrected chi connectivity index (χ4v) is 4.17. The van der Waals surface area contributed by atoms with Crippen LogP contribution >= 0.6 is 0 Å². The Hall–Kier alpha value is -3.32. The summed E-state index contributed by atoms with van der Waals surface area (Å²) in [6, 6.07) is 14.7. The van der Waals surface area contributed by atoms with Crippen LogP contribution in [0.2, 0.25) is 0 Å². The van der Waals surface area contributed by atoms with E-state index in [1.54, 1.807) is 0 Å². The fourth-order valence-electron chi connectivity index (χ4n) is 4.17. The molecule has 0 bridgehead atoms. The zero-order valence-electron chi connectivity index (χ0n) is 21.0. The molecule has 0 atom stereocenters. The van der Waals surface area contributed by atoms with Crippen molar-refractivity contribution in [1.29, 1.82) is 0 Å². The lowest BCUT2D eigenvalue weighted by molar-refractivity contribution is 0.217. The van der Waals surface area contributed by atoms with Crippen molar-refractivity contribution in [2.24, 2.45) is 0 Å². The molecule has 7 nitrogen and oxygen atoms in total. The molecule has 178 valence electrons. The molecule has 0 spiro atoms. The van der Waals surface area contributed by atoms with Gasteiger partial charge in [0, 0.05) is 18.7 Å². The summed E-state index contributed by atoms with van der Waals surface area (Å²) < 4.78 is 1.91. The van der Waals surface area contributed by atoms with Crippen LogP contribution < -0.4 is 5.56 Å². The summed E-state index contributed by atoms with van der Waals surface area (Å²) in [5.41, 5.74) is 6.08. The molecule has 2 aromatic carbocycles. The second-order valence-electron chi connectivity index (χ2n) is 9.90. The summed E-state index contributed by atoms with van der Waals surface area (Å²) in [4.78, 5) is 18.4. The molecule has 0 aliphatic carbocycles. The molecule has 4 aromatic rings. The van der Waals surface area contributed by atoms with E-state index in [9.17, 15) is 4.79 Å². The van der Waals surface area contributed by atoms with Gasteiger partial charge in [-0.3, -0.25) is 9.69 Å². The van der Waals surface area contributed by atoms with Gasteiger partial charge in [0.15, 0.2) is 5.82 Å². The number of hydrogen-bond acceptors (Lipinski definition) is 5. The largest absolute Gasteiger partial charge is 0.321 e. The number of aryl methyl sites for hydroxylation is 3. The highest BCUT2D eigenvalue weighted by atomic mass is 16.1. The molecular formula is C27H34N6O. The van der Waals surface area contributed by atoms with Gasteiger partial charge < -0.3 is 4.98 Å². The van der Waals surface area contributed by atoms with E-state index in [4.69, 9.17) is 0 Å². The minimum absolute atomic E-state index is 0.0522. The molecule has 0 unspecified atom stereocenters. The van der Waals surface area contributed by atoms with Gasteiger partial charge in [-0.2, -0.15) is 0 Å². The van der Waals surface area contributed by atoms with E-state index in [1.807, 2.05) is 17.7 Å². The fraction of sp³-hybridized carbons (Fsp3) is 0.407. The first-order valence-corrected chi connectivity index (χ1v) is 11.9. The number of aromatic amines is 1. The Kier molecular flexibility index (Phi) is 6.66. The Morgan fingerprint density at radius 1 is 1.00 bits per heavy atom. The number of nitrogens with one attached hydrogen (secondary N) is 1. The van der Waals surface area contributed by atoms with Crippen LogP contribution in [-0.4, -0.2) is 30.1 Å². The number of tetrazole rings is 1. The summed E-state index contributed by atoms with van der Waals surface area (Å²) in [6.45, 7) is 14.3. The highest BCUT2D eigenvalue weighted by Crippen LogP contribution is 2.22. The Balaban J connectivity index is 1.70. The van der Waals surface area contributed by atoms with Crippen molar-refractivity contribution in [3.8, 4) is 0 Å². The molecule has 2 heterocycles. The van der Waals surface area contributed by atoms with Gasteiger partial charge in [0.25, 0.3) is 5.56 Å². The van der Waals surface area contributed by atoms with Crippen molar-refractivity contribution in [2.45, 2.75) is 73.1 Å². The molecule has 1 N–H and O–H groups in total. The molecular weight excluding hydrogens is 424 g/mol. The Labute approximate surface area is 200 Å². The van der Waals surface area contributed by atoms with Gasteiger partial charge >= 0.3 is 0 Å². The molecule has 0 amide bonds. The summed E-state index contributed by atoms with van der Waals surface area (Å²) in [7, 11) is 0. The highest BCUT2D eigenvalue weighted by molar-refractivity contribution is 5.83. The van der Waals surface area contributed by atoms with Crippen LogP contribution in [-0.2, 0) is 25.2 Å². The normalized spacial score (nSPS) is 12.1. The van der Waals surface area contributed by atoms with E-state index in [0.717, 1.165) is 34.3 Å². The van der Waals surface area contributed by atoms with Crippen LogP contribution in [0.3, 0.4) is 0 Å². The van der Waals surface area contributed by atoms with Crippen molar-refractivity contribution in [1.82, 2.24) is 30.1 Å². The third kappa shape index (κ3) is 4.94. The lowest BCUT2D eigenvalue weighted by Gasteiger charge is -2.27. The van der Waals surface area contributed by atoms with Gasteiger partial charge in [-0.1, -0.05) is 48.9 Å². The quantitative estimate of drug-likeness (QED) is 0.411. The lowest BCUT2D eigenvalue weighted by Crippen LogP contribution is -2.32. The molecule has 4 rings (SSSR count). The summed E-state index contributed by atoms with van der Waals surface area (Å²) in [6.07, 6.45) is 0.909. The molecule has 0 aliphatic rings. The van der Waals surface area contributed by atoms with Crippen molar-refractivity contribution in [2.75, 3.05) is 0 Å². The number of pyridine rings is 1. The highest BCUT2D eigenvalue weighted by Gasteiger charge is 2.25. The first-order chi connectivity index (χ1) is 16.2. The van der Waals surface area contributed by atoms with E-state index in [-0.39, 0.29) is 11.1 Å². The first kappa shape index (κ1) is 23.8. The number of fused-ring (bicyclic) bond motifs is 1. The van der Waals surface area contributed by atoms with Gasteiger partial charge in [-0.05, 0) is 79.6 Å². The van der Waals surface area contributed by atoms with Crippen LogP contribution in [0.15, 0.2) is 47.3 Å². The smallest absolute Gasteiger partial charge is 0.252 e. The average molecular weight is 459 g/mol. The molecule has 0 aliphatic heterocycles. The van der Waals surface area contributed by atoms with E-state index < -0.39 is 0 Å². The van der Waals surface area contributed by atoms with Crippen LogP contribution in [0.25, 0.3) is 10.9 Å². The third-order valence-electron chi connectivity index (χ3n) is 6.89. The number of aromatic nitrogens is 5. The monoisotopic (exact) mass is 458 g/mol. The van der Waals surface area contributed by atoms with Gasteiger partial charge in [0.1, 0.15) is 0 Å². The first-order valence-electron chi connectivity index (χ1n) is 11.9. The number of benzene rings is 2. The van der Waals surface area contributed by atoms with Crippen LogP contribution in [0.1, 0.15) is 60.8 Å². The molecule has 0 fully saturated rings. The van der Waals surface area contributed by atoms with Gasteiger partial charge in [0.05, 0.1) is 17.6 Å². The predicted molar refractivity (Wildman–Crippen MR) is 136 cm³/mol. The van der Waals surface area contributed by atoms with E-state index in [1.165, 1.54) is 16.7 Å². The van der Waals surface area contributed by atoms with E-state index >= 15 is 0 Å². The minimum Gasteiger partial charge on any atom is -0.321 e. The molecule has 0 radical (unpaired) electrons. The van der Waals surface area contributed by atoms with Crippen LogP contribution in [0.5, 0.6) is 0 Å². The van der Waals surface area contributed by atoms with Crippen LogP contribution in [0.4, 0.5) is 0 Å². The van der Waals surface area contributed by atoms with Crippen molar-refractivity contribution < 1.29 is 0 Å². The van der Waals surface area contributed by atoms with Crippen molar-refractivity contribution in [3.05, 3.63) is 86.5 Å². The standard InChI is InChI=1S/C27H34N6O/c1-7-27(5,6)33-24(29-30-31-33)17-32(15-21-11-8-18(2)9-12-21)16-23-14-22-13-10-19(3)20(4)25(22)28-26(23)34/h8-14H,7,15-17H2,1-6H3,(H,28,34). The summed E-state index contributed by atoms with van der Waals surface area (Å²) in [5.74, 6) is 0.794. The number of nitrogens with zero attached hydrogens (tertiary/aromatic N) is 5. The number of hydrogen-bond donors (Lipinski definition) is 1. The summed E-state index contributed by atoms with van der Waals surface area (Å²) in [5, 5.41) is 13.6. The number of rotatable bonds is 8. The molecule has 7 heteroatoms. The molecule has 2 aromatic heterocycles. The van der Waals surface area contributed by atoms with Crippen molar-refractivity contribution >= 4 is 10.9 Å². The molecule has 0 saturated heterocycles. The molecule has 34 heavy (non-hydrogen) atoms. The van der Waals surface area contributed by atoms with Gasteiger partial charge in [-0.15, -0.1) is 5.10 Å². The second kappa shape index (κ2) is 9.50. The number of H-pyrrole nitrogens is 1. The van der Waals surface area contributed by atoms with Gasteiger partial charge in [-0.25, -0.2) is 4.68 Å². The SMILES string of the molecule is CCC(C)(C)n1nnnc1CN(Cc1ccc(C)cc1)Cc1cc2ccc(C)c(C)c2[nH]c1=O. The Bertz CT molecular complexity index is 1350.